The van der Waals surface area contributed by atoms with E-state index < -0.39 is 9.84 Å². The first-order valence-electron chi connectivity index (χ1n) is 5.86. The van der Waals surface area contributed by atoms with E-state index in [1.165, 1.54) is 0 Å². The van der Waals surface area contributed by atoms with E-state index in [0.717, 1.165) is 12.1 Å². The van der Waals surface area contributed by atoms with Crippen LogP contribution in [-0.4, -0.2) is 43.0 Å². The molecule has 0 saturated carbocycles. The standard InChI is InChI=1S/C12H16BrNO3S/c13-11-8-10(2-3-12(11)15)9-14-4-1-6-18(16,17)7-5-14/h2-3,8,15H,1,4-7,9H2. The number of hydrogen-bond acceptors (Lipinski definition) is 4. The second-order valence-corrected chi connectivity index (χ2v) is 7.73. The van der Waals surface area contributed by atoms with E-state index in [4.69, 9.17) is 0 Å². The van der Waals surface area contributed by atoms with Gasteiger partial charge < -0.3 is 5.11 Å². The first kappa shape index (κ1) is 13.8. The van der Waals surface area contributed by atoms with Gasteiger partial charge >= 0.3 is 0 Å². The van der Waals surface area contributed by atoms with Crippen LogP contribution in [0.2, 0.25) is 0 Å². The molecule has 1 heterocycles. The quantitative estimate of drug-likeness (QED) is 0.896. The minimum atomic E-state index is -2.85. The van der Waals surface area contributed by atoms with Gasteiger partial charge in [-0.2, -0.15) is 0 Å². The van der Waals surface area contributed by atoms with Crippen molar-refractivity contribution in [1.29, 1.82) is 0 Å². The highest BCUT2D eigenvalue weighted by Gasteiger charge is 2.19. The lowest BCUT2D eigenvalue weighted by atomic mass is 10.2. The van der Waals surface area contributed by atoms with Crippen LogP contribution >= 0.6 is 15.9 Å². The zero-order chi connectivity index (χ0) is 13.2. The lowest BCUT2D eigenvalue weighted by Crippen LogP contribution is -2.26. The number of rotatable bonds is 2. The molecule has 1 saturated heterocycles. The summed E-state index contributed by atoms with van der Waals surface area (Å²) in [4.78, 5) is 2.14. The van der Waals surface area contributed by atoms with Crippen molar-refractivity contribution in [3.63, 3.8) is 0 Å². The van der Waals surface area contributed by atoms with Crippen molar-refractivity contribution >= 4 is 25.8 Å². The predicted molar refractivity (Wildman–Crippen MR) is 74.4 cm³/mol. The highest BCUT2D eigenvalue weighted by Crippen LogP contribution is 2.25. The molecule has 1 N–H and O–H groups in total. The summed E-state index contributed by atoms with van der Waals surface area (Å²) in [5.41, 5.74) is 1.07. The van der Waals surface area contributed by atoms with Gasteiger partial charge in [-0.1, -0.05) is 6.07 Å². The van der Waals surface area contributed by atoms with E-state index in [-0.39, 0.29) is 11.5 Å². The number of halogens is 1. The minimum Gasteiger partial charge on any atom is -0.507 e. The van der Waals surface area contributed by atoms with Gasteiger partial charge in [0.05, 0.1) is 16.0 Å². The first-order chi connectivity index (χ1) is 8.46. The van der Waals surface area contributed by atoms with E-state index in [2.05, 4.69) is 20.8 Å². The maximum Gasteiger partial charge on any atom is 0.151 e. The van der Waals surface area contributed by atoms with Crippen LogP contribution in [0.3, 0.4) is 0 Å². The normalized spacial score (nSPS) is 20.5. The van der Waals surface area contributed by atoms with Crippen LogP contribution in [-0.2, 0) is 16.4 Å². The predicted octanol–water partition coefficient (Wildman–Crippen LogP) is 1.78. The smallest absolute Gasteiger partial charge is 0.151 e. The molecule has 6 heteroatoms. The molecule has 100 valence electrons. The molecule has 0 radical (unpaired) electrons. The third kappa shape index (κ3) is 3.70. The number of sulfone groups is 1. The number of benzene rings is 1. The van der Waals surface area contributed by atoms with Gasteiger partial charge in [0.1, 0.15) is 5.75 Å². The molecule has 0 spiro atoms. The van der Waals surface area contributed by atoms with Crippen LogP contribution in [0.1, 0.15) is 12.0 Å². The van der Waals surface area contributed by atoms with Gasteiger partial charge in [0.15, 0.2) is 9.84 Å². The molecule has 0 aromatic heterocycles. The molecule has 1 fully saturated rings. The van der Waals surface area contributed by atoms with Gasteiger partial charge in [0.25, 0.3) is 0 Å². The molecule has 1 aromatic rings. The largest absolute Gasteiger partial charge is 0.507 e. The minimum absolute atomic E-state index is 0.220. The van der Waals surface area contributed by atoms with Crippen LogP contribution in [0, 0.1) is 0 Å². The fraction of sp³-hybridized carbons (Fsp3) is 0.500. The van der Waals surface area contributed by atoms with Crippen LogP contribution in [0.25, 0.3) is 0 Å². The molecule has 4 nitrogen and oxygen atoms in total. The SMILES string of the molecule is O=S1(=O)CCCN(Cc2ccc(O)c(Br)c2)CC1. The molecule has 18 heavy (non-hydrogen) atoms. The molecular formula is C12H16BrNO3S. The number of hydrogen-bond donors (Lipinski definition) is 1. The second kappa shape index (κ2) is 5.59. The third-order valence-electron chi connectivity index (χ3n) is 3.07. The monoisotopic (exact) mass is 333 g/mol. The summed E-state index contributed by atoms with van der Waals surface area (Å²) in [5, 5.41) is 9.42. The van der Waals surface area contributed by atoms with Gasteiger partial charge in [0, 0.05) is 13.1 Å². The Hall–Kier alpha value is -0.590. The van der Waals surface area contributed by atoms with Crippen molar-refractivity contribution in [1.82, 2.24) is 4.90 Å². The highest BCUT2D eigenvalue weighted by atomic mass is 79.9. The van der Waals surface area contributed by atoms with Gasteiger partial charge in [-0.3, -0.25) is 4.90 Å². The highest BCUT2D eigenvalue weighted by molar-refractivity contribution is 9.10. The molecule has 0 aliphatic carbocycles. The fourth-order valence-electron chi connectivity index (χ4n) is 2.06. The Labute approximate surface area is 116 Å². The molecule has 1 aliphatic rings. The molecule has 1 aromatic carbocycles. The summed E-state index contributed by atoms with van der Waals surface area (Å²) in [6.07, 6.45) is 0.696. The Morgan fingerprint density at radius 1 is 1.28 bits per heavy atom. The maximum absolute atomic E-state index is 11.5. The Bertz CT molecular complexity index is 530. The second-order valence-electron chi connectivity index (χ2n) is 4.57. The van der Waals surface area contributed by atoms with Crippen LogP contribution in [0.15, 0.2) is 22.7 Å². The number of phenols is 1. The lowest BCUT2D eigenvalue weighted by Gasteiger charge is -2.19. The number of phenolic OH excluding ortho intramolecular Hbond substituents is 1. The summed E-state index contributed by atoms with van der Waals surface area (Å²) in [6.45, 7) is 2.10. The van der Waals surface area contributed by atoms with Crippen molar-refractivity contribution < 1.29 is 13.5 Å². The van der Waals surface area contributed by atoms with Crippen molar-refractivity contribution in [3.05, 3.63) is 28.2 Å². The van der Waals surface area contributed by atoms with E-state index in [1.54, 1.807) is 6.07 Å². The van der Waals surface area contributed by atoms with Crippen molar-refractivity contribution in [2.75, 3.05) is 24.6 Å². The average Bonchev–Trinajstić information content (AvgIpc) is 2.46. The van der Waals surface area contributed by atoms with E-state index in [1.807, 2.05) is 12.1 Å². The van der Waals surface area contributed by atoms with Crippen molar-refractivity contribution in [3.8, 4) is 5.75 Å². The fourth-order valence-corrected chi connectivity index (χ4v) is 3.79. The summed E-state index contributed by atoms with van der Waals surface area (Å²) >= 11 is 3.28. The average molecular weight is 334 g/mol. The van der Waals surface area contributed by atoms with Crippen LogP contribution < -0.4 is 0 Å². The summed E-state index contributed by atoms with van der Waals surface area (Å²) in [6, 6.07) is 5.38. The maximum atomic E-state index is 11.5. The first-order valence-corrected chi connectivity index (χ1v) is 8.48. The molecule has 0 amide bonds. The van der Waals surface area contributed by atoms with Gasteiger partial charge in [-0.25, -0.2) is 8.42 Å². The third-order valence-corrected chi connectivity index (χ3v) is 5.42. The van der Waals surface area contributed by atoms with Crippen molar-refractivity contribution in [2.24, 2.45) is 0 Å². The number of nitrogens with zero attached hydrogens (tertiary/aromatic N) is 1. The topological polar surface area (TPSA) is 57.6 Å². The van der Waals surface area contributed by atoms with E-state index in [9.17, 15) is 13.5 Å². The zero-order valence-corrected chi connectivity index (χ0v) is 12.4. The Balaban J connectivity index is 2.03. The molecule has 0 bridgehead atoms. The molecule has 1 aliphatic heterocycles. The van der Waals surface area contributed by atoms with Gasteiger partial charge in [-0.05, 0) is 46.6 Å². The van der Waals surface area contributed by atoms with Crippen LogP contribution in [0.5, 0.6) is 5.75 Å². The molecule has 0 atom stereocenters. The van der Waals surface area contributed by atoms with E-state index >= 15 is 0 Å². The van der Waals surface area contributed by atoms with Gasteiger partial charge in [-0.15, -0.1) is 0 Å². The Kier molecular flexibility index (Phi) is 4.29. The molecule has 0 unspecified atom stereocenters. The Morgan fingerprint density at radius 2 is 2.06 bits per heavy atom. The van der Waals surface area contributed by atoms with Gasteiger partial charge in [0.2, 0.25) is 0 Å². The zero-order valence-electron chi connectivity index (χ0n) is 9.97. The Morgan fingerprint density at radius 3 is 2.78 bits per heavy atom. The van der Waals surface area contributed by atoms with Crippen LogP contribution in [0.4, 0.5) is 0 Å². The van der Waals surface area contributed by atoms with E-state index in [0.29, 0.717) is 29.7 Å². The molecular weight excluding hydrogens is 318 g/mol. The number of aromatic hydroxyl groups is 1. The van der Waals surface area contributed by atoms with Crippen molar-refractivity contribution in [2.45, 2.75) is 13.0 Å². The lowest BCUT2D eigenvalue weighted by molar-refractivity contribution is 0.287. The molecule has 2 rings (SSSR count). The summed E-state index contributed by atoms with van der Waals surface area (Å²) in [7, 11) is -2.85. The summed E-state index contributed by atoms with van der Waals surface area (Å²) < 4.78 is 23.7. The summed E-state index contributed by atoms with van der Waals surface area (Å²) in [5.74, 6) is 0.756.